The highest BCUT2D eigenvalue weighted by Crippen LogP contribution is 2.26. The number of hydrogen-bond acceptors (Lipinski definition) is 6. The van der Waals surface area contributed by atoms with Crippen LogP contribution in [0.15, 0.2) is 36.5 Å². The first kappa shape index (κ1) is 16.4. The number of aromatic nitrogens is 1. The first-order valence-corrected chi connectivity index (χ1v) is 6.76. The van der Waals surface area contributed by atoms with Crippen molar-refractivity contribution in [2.24, 2.45) is 0 Å². The monoisotopic (exact) mass is 315 g/mol. The molecule has 6 heteroatoms. The minimum absolute atomic E-state index is 0.0448. The van der Waals surface area contributed by atoms with Crippen LogP contribution in [0.5, 0.6) is 23.0 Å². The maximum atomic E-state index is 12.3. The zero-order valence-electron chi connectivity index (χ0n) is 13.1. The Morgan fingerprint density at radius 1 is 1.09 bits per heavy atom. The van der Waals surface area contributed by atoms with Crippen molar-refractivity contribution < 1.29 is 24.1 Å². The summed E-state index contributed by atoms with van der Waals surface area (Å²) in [7, 11) is 4.46. The summed E-state index contributed by atoms with van der Waals surface area (Å²) in [5.74, 6) is 0.997. The number of methoxy groups -OCH3 is 3. The van der Waals surface area contributed by atoms with Crippen LogP contribution < -0.4 is 14.2 Å². The molecule has 1 aromatic carbocycles. The fraction of sp³-hybridized carbons (Fsp3) is 0.176. The van der Waals surface area contributed by atoms with Crippen molar-refractivity contribution in [3.05, 3.63) is 47.8 Å². The van der Waals surface area contributed by atoms with E-state index >= 15 is 0 Å². The predicted molar refractivity (Wildman–Crippen MR) is 85.4 cm³/mol. The van der Waals surface area contributed by atoms with E-state index in [4.69, 9.17) is 14.2 Å². The Kier molecular flexibility index (Phi) is 5.19. The minimum Gasteiger partial charge on any atom is -0.504 e. The number of carbonyl (C=O) groups is 1. The molecule has 0 saturated heterocycles. The Hall–Kier alpha value is -3.02. The normalized spacial score (nSPS) is 10.6. The van der Waals surface area contributed by atoms with Crippen molar-refractivity contribution in [3.8, 4) is 23.0 Å². The van der Waals surface area contributed by atoms with E-state index in [-0.39, 0.29) is 17.3 Å². The number of pyridine rings is 1. The number of rotatable bonds is 6. The van der Waals surface area contributed by atoms with Crippen molar-refractivity contribution in [1.29, 1.82) is 0 Å². The molecule has 0 aliphatic rings. The van der Waals surface area contributed by atoms with Crippen LogP contribution in [0.3, 0.4) is 0 Å². The molecule has 0 radical (unpaired) electrons. The Morgan fingerprint density at radius 2 is 1.83 bits per heavy atom. The fourth-order valence-corrected chi connectivity index (χ4v) is 1.95. The van der Waals surface area contributed by atoms with E-state index < -0.39 is 0 Å². The van der Waals surface area contributed by atoms with E-state index in [1.54, 1.807) is 18.2 Å². The molecule has 1 heterocycles. The maximum Gasteiger partial charge on any atom is 0.189 e. The molecule has 0 fully saturated rings. The van der Waals surface area contributed by atoms with Crippen LogP contribution in [0.1, 0.15) is 16.1 Å². The standard InChI is InChI=1S/C17H17NO5/c1-21-12-5-6-13(16(9-12)22-2)14(19)7-4-11-8-15(20)17(23-3)10-18-11/h4-10H,1-3H3,(H,18,20)/b7-4+. The van der Waals surface area contributed by atoms with Crippen molar-refractivity contribution in [3.63, 3.8) is 0 Å². The van der Waals surface area contributed by atoms with Crippen LogP contribution in [0, 0.1) is 0 Å². The number of hydrogen-bond donors (Lipinski definition) is 1. The lowest BCUT2D eigenvalue weighted by atomic mass is 10.1. The third kappa shape index (κ3) is 3.79. The molecular weight excluding hydrogens is 298 g/mol. The number of allylic oxidation sites excluding steroid dienone is 1. The molecule has 0 bridgehead atoms. The van der Waals surface area contributed by atoms with E-state index in [0.29, 0.717) is 22.8 Å². The SMILES string of the molecule is COc1ccc(C(=O)/C=C/c2cc(O)c(OC)cn2)c(OC)c1. The topological polar surface area (TPSA) is 77.9 Å². The molecule has 23 heavy (non-hydrogen) atoms. The molecule has 0 aliphatic carbocycles. The minimum atomic E-state index is -0.249. The average molecular weight is 315 g/mol. The number of carbonyl (C=O) groups excluding carboxylic acids is 1. The second-order valence-electron chi connectivity index (χ2n) is 4.54. The highest BCUT2D eigenvalue weighted by molar-refractivity contribution is 6.08. The Balaban J connectivity index is 2.23. The summed E-state index contributed by atoms with van der Waals surface area (Å²) >= 11 is 0. The second-order valence-corrected chi connectivity index (χ2v) is 4.54. The second kappa shape index (κ2) is 7.31. The molecule has 120 valence electrons. The van der Waals surface area contributed by atoms with Gasteiger partial charge in [-0.05, 0) is 24.3 Å². The number of nitrogens with zero attached hydrogens (tertiary/aromatic N) is 1. The Bertz CT molecular complexity index is 740. The quantitative estimate of drug-likeness (QED) is 0.652. The van der Waals surface area contributed by atoms with Gasteiger partial charge in [0.1, 0.15) is 11.5 Å². The molecule has 0 aliphatic heterocycles. The van der Waals surface area contributed by atoms with E-state index in [1.165, 1.54) is 45.7 Å². The van der Waals surface area contributed by atoms with Gasteiger partial charge in [0.05, 0.1) is 38.8 Å². The molecule has 2 rings (SSSR count). The zero-order valence-corrected chi connectivity index (χ0v) is 13.1. The van der Waals surface area contributed by atoms with Crippen LogP contribution in [0.2, 0.25) is 0 Å². The van der Waals surface area contributed by atoms with Gasteiger partial charge in [0.15, 0.2) is 17.3 Å². The van der Waals surface area contributed by atoms with E-state index in [1.807, 2.05) is 0 Å². The molecule has 0 saturated carbocycles. The summed E-state index contributed by atoms with van der Waals surface area (Å²) in [5, 5.41) is 9.70. The summed E-state index contributed by atoms with van der Waals surface area (Å²) in [5.41, 5.74) is 0.839. The van der Waals surface area contributed by atoms with Gasteiger partial charge in [-0.25, -0.2) is 0 Å². The van der Waals surface area contributed by atoms with Gasteiger partial charge in [-0.1, -0.05) is 0 Å². The first-order valence-electron chi connectivity index (χ1n) is 6.76. The van der Waals surface area contributed by atoms with Crippen LogP contribution in [0.4, 0.5) is 0 Å². The van der Waals surface area contributed by atoms with Gasteiger partial charge < -0.3 is 19.3 Å². The van der Waals surface area contributed by atoms with E-state index in [0.717, 1.165) is 0 Å². The third-order valence-corrected chi connectivity index (χ3v) is 3.17. The van der Waals surface area contributed by atoms with Crippen LogP contribution >= 0.6 is 0 Å². The Morgan fingerprint density at radius 3 is 2.43 bits per heavy atom. The van der Waals surface area contributed by atoms with E-state index in [9.17, 15) is 9.90 Å². The lowest BCUT2D eigenvalue weighted by molar-refractivity contribution is 0.104. The maximum absolute atomic E-state index is 12.3. The van der Waals surface area contributed by atoms with E-state index in [2.05, 4.69) is 4.98 Å². The van der Waals surface area contributed by atoms with Crippen molar-refractivity contribution in [2.75, 3.05) is 21.3 Å². The van der Waals surface area contributed by atoms with Crippen molar-refractivity contribution in [1.82, 2.24) is 4.98 Å². The van der Waals surface area contributed by atoms with Crippen LogP contribution in [-0.2, 0) is 0 Å². The number of ether oxygens (including phenoxy) is 3. The summed E-state index contributed by atoms with van der Waals surface area (Å²) in [6.07, 6.45) is 4.25. The summed E-state index contributed by atoms with van der Waals surface area (Å²) in [6.45, 7) is 0. The first-order chi connectivity index (χ1) is 11.1. The number of benzene rings is 1. The molecule has 6 nitrogen and oxygen atoms in total. The number of ketones is 1. The van der Waals surface area contributed by atoms with Crippen molar-refractivity contribution in [2.45, 2.75) is 0 Å². The zero-order chi connectivity index (χ0) is 16.8. The summed E-state index contributed by atoms with van der Waals surface area (Å²) in [6, 6.07) is 6.36. The predicted octanol–water partition coefficient (Wildman–Crippen LogP) is 2.71. The molecule has 0 amide bonds. The highest BCUT2D eigenvalue weighted by Gasteiger charge is 2.11. The highest BCUT2D eigenvalue weighted by atomic mass is 16.5. The molecule has 0 unspecified atom stereocenters. The third-order valence-electron chi connectivity index (χ3n) is 3.17. The van der Waals surface area contributed by atoms with Gasteiger partial charge in [0.25, 0.3) is 0 Å². The van der Waals surface area contributed by atoms with Crippen molar-refractivity contribution >= 4 is 11.9 Å². The Labute approximate surface area is 134 Å². The largest absolute Gasteiger partial charge is 0.504 e. The van der Waals surface area contributed by atoms with Gasteiger partial charge >= 0.3 is 0 Å². The van der Waals surface area contributed by atoms with Crippen LogP contribution in [-0.4, -0.2) is 37.2 Å². The fourth-order valence-electron chi connectivity index (χ4n) is 1.95. The molecular formula is C17H17NO5. The number of aromatic hydroxyl groups is 1. The van der Waals surface area contributed by atoms with Gasteiger partial charge in [0.2, 0.25) is 0 Å². The summed E-state index contributed by atoms with van der Waals surface area (Å²) in [4.78, 5) is 16.4. The molecule has 0 spiro atoms. The van der Waals surface area contributed by atoms with Gasteiger partial charge in [0, 0.05) is 12.1 Å². The van der Waals surface area contributed by atoms with Gasteiger partial charge in [-0.2, -0.15) is 0 Å². The van der Waals surface area contributed by atoms with Gasteiger partial charge in [-0.15, -0.1) is 0 Å². The molecule has 1 aromatic heterocycles. The lowest BCUT2D eigenvalue weighted by Crippen LogP contribution is -1.99. The lowest BCUT2D eigenvalue weighted by Gasteiger charge is -2.08. The van der Waals surface area contributed by atoms with Crippen LogP contribution in [0.25, 0.3) is 6.08 Å². The molecule has 0 atom stereocenters. The van der Waals surface area contributed by atoms with Gasteiger partial charge in [-0.3, -0.25) is 9.78 Å². The smallest absolute Gasteiger partial charge is 0.189 e. The average Bonchev–Trinajstić information content (AvgIpc) is 2.59. The molecule has 2 aromatic rings. The summed E-state index contributed by atoms with van der Waals surface area (Å²) < 4.78 is 15.2. The molecule has 1 N–H and O–H groups in total.